The molecule has 0 N–H and O–H groups in total. The Balaban J connectivity index is 1.57. The molecule has 4 heteroatoms. The van der Waals surface area contributed by atoms with Gasteiger partial charge in [-0.3, -0.25) is 0 Å². The number of rotatable bonds is 7. The Hall–Kier alpha value is -1.57. The van der Waals surface area contributed by atoms with Gasteiger partial charge in [0.25, 0.3) is 0 Å². The number of benzene rings is 1. The molecular weight excluding hydrogens is 242 g/mol. The first-order chi connectivity index (χ1) is 9.40. The average Bonchev–Trinajstić information content (AvgIpc) is 2.96. The molecule has 1 aromatic carbocycles. The van der Waals surface area contributed by atoms with Crippen LogP contribution in [-0.2, 0) is 9.47 Å². The number of nitriles is 1. The molecule has 1 heterocycles. The van der Waals surface area contributed by atoms with Crippen molar-refractivity contribution in [2.45, 2.75) is 25.4 Å². The molecule has 0 saturated carbocycles. The molecule has 0 bridgehead atoms. The number of hydrogen-bond donors (Lipinski definition) is 0. The summed E-state index contributed by atoms with van der Waals surface area (Å²) in [6.45, 7) is 2.76. The van der Waals surface area contributed by atoms with Crippen LogP contribution >= 0.6 is 0 Å². The Labute approximate surface area is 113 Å². The maximum atomic E-state index is 8.91. The fraction of sp³-hybridized carbons (Fsp3) is 0.533. The summed E-state index contributed by atoms with van der Waals surface area (Å²) in [7, 11) is 0. The minimum atomic E-state index is 0.278. The van der Waals surface area contributed by atoms with Gasteiger partial charge in [-0.1, -0.05) is 12.1 Å². The largest absolute Gasteiger partial charge is 0.492 e. The molecule has 0 aliphatic carbocycles. The van der Waals surface area contributed by atoms with Gasteiger partial charge in [0.05, 0.1) is 24.9 Å². The Morgan fingerprint density at radius 3 is 3.00 bits per heavy atom. The van der Waals surface area contributed by atoms with Gasteiger partial charge in [0, 0.05) is 19.6 Å². The van der Waals surface area contributed by atoms with Gasteiger partial charge in [-0.15, -0.1) is 0 Å². The van der Waals surface area contributed by atoms with E-state index in [1.165, 1.54) is 0 Å². The van der Waals surface area contributed by atoms with Crippen molar-refractivity contribution in [1.29, 1.82) is 5.26 Å². The fourth-order valence-electron chi connectivity index (χ4n) is 2.02. The Bertz CT molecular complexity index is 422. The van der Waals surface area contributed by atoms with Crippen LogP contribution in [0.15, 0.2) is 24.3 Å². The molecule has 1 atom stereocenters. The van der Waals surface area contributed by atoms with Crippen LogP contribution in [0.25, 0.3) is 0 Å². The molecule has 1 fully saturated rings. The highest BCUT2D eigenvalue weighted by atomic mass is 16.5. The second kappa shape index (κ2) is 7.78. The molecule has 2 rings (SSSR count). The zero-order chi connectivity index (χ0) is 13.3. The van der Waals surface area contributed by atoms with E-state index in [9.17, 15) is 0 Å². The van der Waals surface area contributed by atoms with Gasteiger partial charge in [-0.25, -0.2) is 0 Å². The van der Waals surface area contributed by atoms with Crippen LogP contribution in [0.2, 0.25) is 0 Å². The Morgan fingerprint density at radius 2 is 2.21 bits per heavy atom. The fourth-order valence-corrected chi connectivity index (χ4v) is 2.02. The molecule has 1 aromatic rings. The summed E-state index contributed by atoms with van der Waals surface area (Å²) in [5.74, 6) is 0.643. The van der Waals surface area contributed by atoms with Gasteiger partial charge in [-0.2, -0.15) is 5.26 Å². The summed E-state index contributed by atoms with van der Waals surface area (Å²) in [6, 6.07) is 9.37. The van der Waals surface area contributed by atoms with Gasteiger partial charge in [-0.05, 0) is 25.0 Å². The van der Waals surface area contributed by atoms with Gasteiger partial charge in [0.15, 0.2) is 0 Å². The summed E-state index contributed by atoms with van der Waals surface area (Å²) in [6.07, 6.45) is 3.33. The van der Waals surface area contributed by atoms with Gasteiger partial charge in [0.2, 0.25) is 0 Å². The smallest absolute Gasteiger partial charge is 0.137 e. The van der Waals surface area contributed by atoms with Gasteiger partial charge in [0.1, 0.15) is 11.8 Å². The van der Waals surface area contributed by atoms with E-state index in [4.69, 9.17) is 19.5 Å². The van der Waals surface area contributed by atoms with E-state index in [1.54, 1.807) is 6.07 Å². The van der Waals surface area contributed by atoms with Crippen molar-refractivity contribution in [2.75, 3.05) is 26.4 Å². The highest BCUT2D eigenvalue weighted by Crippen LogP contribution is 2.16. The van der Waals surface area contributed by atoms with Crippen LogP contribution in [0.1, 0.15) is 24.8 Å². The van der Waals surface area contributed by atoms with Crippen LogP contribution < -0.4 is 4.74 Å². The molecule has 0 amide bonds. The number of hydrogen-bond acceptors (Lipinski definition) is 4. The van der Waals surface area contributed by atoms with Crippen molar-refractivity contribution in [3.05, 3.63) is 29.8 Å². The van der Waals surface area contributed by atoms with Crippen molar-refractivity contribution in [1.82, 2.24) is 0 Å². The third-order valence-corrected chi connectivity index (χ3v) is 3.03. The minimum absolute atomic E-state index is 0.278. The average molecular weight is 261 g/mol. The zero-order valence-corrected chi connectivity index (χ0v) is 11.0. The van der Waals surface area contributed by atoms with Crippen molar-refractivity contribution in [3.63, 3.8) is 0 Å². The van der Waals surface area contributed by atoms with Crippen molar-refractivity contribution < 1.29 is 14.2 Å². The van der Waals surface area contributed by atoms with E-state index in [0.717, 1.165) is 25.9 Å². The van der Waals surface area contributed by atoms with E-state index in [0.29, 0.717) is 31.1 Å². The highest BCUT2D eigenvalue weighted by molar-refractivity contribution is 5.42. The van der Waals surface area contributed by atoms with Crippen LogP contribution in [0.5, 0.6) is 5.75 Å². The maximum Gasteiger partial charge on any atom is 0.137 e. The van der Waals surface area contributed by atoms with Crippen LogP contribution in [-0.4, -0.2) is 32.5 Å². The second-order valence-corrected chi connectivity index (χ2v) is 4.52. The first-order valence-corrected chi connectivity index (χ1v) is 6.71. The molecule has 0 spiro atoms. The first kappa shape index (κ1) is 13.9. The number of nitrogens with zero attached hydrogens (tertiary/aromatic N) is 1. The standard InChI is InChI=1S/C15H19NO3/c16-11-13-5-1-2-7-15(13)19-10-4-8-17-12-14-6-3-9-18-14/h1-2,5,7,14H,3-4,6,8-10,12H2. The van der Waals surface area contributed by atoms with E-state index in [-0.39, 0.29) is 6.10 Å². The molecule has 0 radical (unpaired) electrons. The van der Waals surface area contributed by atoms with Gasteiger partial charge < -0.3 is 14.2 Å². The summed E-state index contributed by atoms with van der Waals surface area (Å²) in [5.41, 5.74) is 0.572. The predicted molar refractivity (Wildman–Crippen MR) is 71.1 cm³/mol. The molecule has 4 nitrogen and oxygen atoms in total. The summed E-state index contributed by atoms with van der Waals surface area (Å²) in [5, 5.41) is 8.91. The molecule has 1 saturated heterocycles. The molecule has 19 heavy (non-hydrogen) atoms. The molecule has 0 aromatic heterocycles. The lowest BCUT2D eigenvalue weighted by Crippen LogP contribution is -2.15. The molecular formula is C15H19NO3. The Morgan fingerprint density at radius 1 is 1.32 bits per heavy atom. The Kier molecular flexibility index (Phi) is 5.67. The normalized spacial score (nSPS) is 18.2. The van der Waals surface area contributed by atoms with Crippen LogP contribution in [0.4, 0.5) is 0 Å². The second-order valence-electron chi connectivity index (χ2n) is 4.52. The predicted octanol–water partition coefficient (Wildman–Crippen LogP) is 2.52. The number of ether oxygens (including phenoxy) is 3. The maximum absolute atomic E-state index is 8.91. The van der Waals surface area contributed by atoms with Crippen molar-refractivity contribution in [3.8, 4) is 11.8 Å². The third kappa shape index (κ3) is 4.55. The lowest BCUT2D eigenvalue weighted by molar-refractivity contribution is 0.0141. The quantitative estimate of drug-likeness (QED) is 0.708. The first-order valence-electron chi connectivity index (χ1n) is 6.71. The van der Waals surface area contributed by atoms with Crippen LogP contribution in [0, 0.1) is 11.3 Å². The summed E-state index contributed by atoms with van der Waals surface area (Å²) < 4.78 is 16.6. The third-order valence-electron chi connectivity index (χ3n) is 3.03. The SMILES string of the molecule is N#Cc1ccccc1OCCCOCC1CCCO1. The minimum Gasteiger partial charge on any atom is -0.492 e. The van der Waals surface area contributed by atoms with E-state index in [2.05, 4.69) is 6.07 Å². The topological polar surface area (TPSA) is 51.5 Å². The van der Waals surface area contributed by atoms with Crippen molar-refractivity contribution in [2.24, 2.45) is 0 Å². The van der Waals surface area contributed by atoms with Crippen LogP contribution in [0.3, 0.4) is 0 Å². The molecule has 1 aliphatic heterocycles. The van der Waals surface area contributed by atoms with E-state index >= 15 is 0 Å². The summed E-state index contributed by atoms with van der Waals surface area (Å²) >= 11 is 0. The van der Waals surface area contributed by atoms with E-state index in [1.807, 2.05) is 18.2 Å². The lowest BCUT2D eigenvalue weighted by Gasteiger charge is -2.10. The monoisotopic (exact) mass is 261 g/mol. The highest BCUT2D eigenvalue weighted by Gasteiger charge is 2.14. The molecule has 1 unspecified atom stereocenters. The van der Waals surface area contributed by atoms with Crippen molar-refractivity contribution >= 4 is 0 Å². The number of para-hydroxylation sites is 1. The summed E-state index contributed by atoms with van der Waals surface area (Å²) in [4.78, 5) is 0. The molecule has 102 valence electrons. The van der Waals surface area contributed by atoms with E-state index < -0.39 is 0 Å². The lowest BCUT2D eigenvalue weighted by atomic mass is 10.2. The van der Waals surface area contributed by atoms with Gasteiger partial charge >= 0.3 is 0 Å². The zero-order valence-electron chi connectivity index (χ0n) is 11.0. The molecule has 1 aliphatic rings.